The van der Waals surface area contributed by atoms with Crippen molar-refractivity contribution in [3.63, 3.8) is 0 Å². The fraction of sp³-hybridized carbons (Fsp3) is 0.154. The molecule has 0 saturated heterocycles. The minimum Gasteiger partial charge on any atom is -0.290 e. The standard InChI is InChI=1S/C13H11ClN4O3/c1-7-6-8(2)16-13(15-7)17-12(19)9-4-3-5-10(11(9)14)18(20)21/h3-6H,1-2H3,(H,15,16,17,19). The van der Waals surface area contributed by atoms with Crippen molar-refractivity contribution in [1.29, 1.82) is 0 Å². The molecule has 1 aromatic heterocycles. The summed E-state index contributed by atoms with van der Waals surface area (Å²) in [6.45, 7) is 3.54. The number of anilines is 1. The summed E-state index contributed by atoms with van der Waals surface area (Å²) in [5.41, 5.74) is 1.06. The molecule has 0 aliphatic carbocycles. The van der Waals surface area contributed by atoms with Crippen LogP contribution in [-0.4, -0.2) is 20.8 Å². The second-order valence-corrected chi connectivity index (χ2v) is 4.70. The molecule has 8 heteroatoms. The summed E-state index contributed by atoms with van der Waals surface area (Å²) in [6, 6.07) is 5.77. The maximum atomic E-state index is 12.1. The average molecular weight is 307 g/mol. The first-order chi connectivity index (χ1) is 9.88. The van der Waals surface area contributed by atoms with Crippen LogP contribution < -0.4 is 5.32 Å². The molecule has 21 heavy (non-hydrogen) atoms. The predicted molar refractivity (Wildman–Crippen MR) is 77.6 cm³/mol. The number of nitro groups is 1. The van der Waals surface area contributed by atoms with E-state index in [1.54, 1.807) is 19.9 Å². The maximum Gasteiger partial charge on any atom is 0.288 e. The summed E-state index contributed by atoms with van der Waals surface area (Å²) in [5.74, 6) is -0.478. The number of nitro benzene ring substituents is 1. The quantitative estimate of drug-likeness (QED) is 0.694. The minimum atomic E-state index is -0.646. The minimum absolute atomic E-state index is 0.00590. The molecule has 2 aromatic rings. The lowest BCUT2D eigenvalue weighted by molar-refractivity contribution is -0.384. The molecule has 1 aromatic carbocycles. The number of carbonyl (C=O) groups is 1. The van der Waals surface area contributed by atoms with Crippen molar-refractivity contribution in [3.05, 3.63) is 56.4 Å². The van der Waals surface area contributed by atoms with Crippen LogP contribution in [0.5, 0.6) is 0 Å². The van der Waals surface area contributed by atoms with Gasteiger partial charge in [-0.25, -0.2) is 9.97 Å². The van der Waals surface area contributed by atoms with Gasteiger partial charge in [0.25, 0.3) is 11.6 Å². The number of amides is 1. The van der Waals surface area contributed by atoms with Crippen molar-refractivity contribution in [3.8, 4) is 0 Å². The molecule has 0 atom stereocenters. The van der Waals surface area contributed by atoms with Crippen LogP contribution in [0.15, 0.2) is 24.3 Å². The van der Waals surface area contributed by atoms with Gasteiger partial charge in [0.15, 0.2) is 0 Å². The zero-order valence-electron chi connectivity index (χ0n) is 11.3. The van der Waals surface area contributed by atoms with Gasteiger partial charge in [-0.2, -0.15) is 0 Å². The molecular weight excluding hydrogens is 296 g/mol. The summed E-state index contributed by atoms with van der Waals surface area (Å²) in [6.07, 6.45) is 0. The Morgan fingerprint density at radius 2 is 1.90 bits per heavy atom. The fourth-order valence-corrected chi connectivity index (χ4v) is 2.07. The van der Waals surface area contributed by atoms with Crippen LogP contribution in [0.25, 0.3) is 0 Å². The Morgan fingerprint density at radius 3 is 2.48 bits per heavy atom. The van der Waals surface area contributed by atoms with Gasteiger partial charge < -0.3 is 0 Å². The Morgan fingerprint density at radius 1 is 1.29 bits per heavy atom. The highest BCUT2D eigenvalue weighted by atomic mass is 35.5. The van der Waals surface area contributed by atoms with Gasteiger partial charge in [-0.05, 0) is 26.0 Å². The van der Waals surface area contributed by atoms with Gasteiger partial charge in [-0.3, -0.25) is 20.2 Å². The van der Waals surface area contributed by atoms with Crippen molar-refractivity contribution < 1.29 is 9.72 Å². The van der Waals surface area contributed by atoms with E-state index in [4.69, 9.17) is 11.6 Å². The smallest absolute Gasteiger partial charge is 0.288 e. The van der Waals surface area contributed by atoms with Crippen molar-refractivity contribution in [1.82, 2.24) is 9.97 Å². The third kappa shape index (κ3) is 3.32. The number of nitrogens with zero attached hydrogens (tertiary/aromatic N) is 3. The lowest BCUT2D eigenvalue weighted by Gasteiger charge is -2.07. The first-order valence-electron chi connectivity index (χ1n) is 5.95. The largest absolute Gasteiger partial charge is 0.290 e. The Hall–Kier alpha value is -2.54. The summed E-state index contributed by atoms with van der Waals surface area (Å²) in [7, 11) is 0. The van der Waals surface area contributed by atoms with Crippen molar-refractivity contribution in [2.75, 3.05) is 5.32 Å². The number of nitrogens with one attached hydrogen (secondary N) is 1. The van der Waals surface area contributed by atoms with Gasteiger partial charge in [-0.1, -0.05) is 17.7 Å². The third-order valence-corrected chi connectivity index (χ3v) is 3.02. The van der Waals surface area contributed by atoms with E-state index in [-0.39, 0.29) is 22.2 Å². The summed E-state index contributed by atoms with van der Waals surface area (Å²) >= 11 is 5.88. The summed E-state index contributed by atoms with van der Waals surface area (Å²) in [4.78, 5) is 30.4. The third-order valence-electron chi connectivity index (χ3n) is 2.63. The van der Waals surface area contributed by atoms with Crippen LogP contribution in [0.1, 0.15) is 21.7 Å². The van der Waals surface area contributed by atoms with Gasteiger partial charge in [0.1, 0.15) is 5.02 Å². The molecule has 2 rings (SSSR count). The lowest BCUT2D eigenvalue weighted by Crippen LogP contribution is -2.15. The maximum absolute atomic E-state index is 12.1. The van der Waals surface area contributed by atoms with E-state index < -0.39 is 10.8 Å². The summed E-state index contributed by atoms with van der Waals surface area (Å²) in [5, 5.41) is 13.1. The second-order valence-electron chi connectivity index (χ2n) is 4.32. The SMILES string of the molecule is Cc1cc(C)nc(NC(=O)c2cccc([N+](=O)[O-])c2Cl)n1. The van der Waals surface area contributed by atoms with Crippen LogP contribution in [0.2, 0.25) is 5.02 Å². The van der Waals surface area contributed by atoms with Crippen LogP contribution in [0.4, 0.5) is 11.6 Å². The Bertz CT molecular complexity index is 713. The first kappa shape index (κ1) is 14.9. The molecule has 1 amide bonds. The van der Waals surface area contributed by atoms with E-state index in [9.17, 15) is 14.9 Å². The average Bonchev–Trinajstić information content (AvgIpc) is 2.37. The van der Waals surface area contributed by atoms with Gasteiger partial charge in [-0.15, -0.1) is 0 Å². The Labute approximate surface area is 125 Å². The van der Waals surface area contributed by atoms with Gasteiger partial charge in [0, 0.05) is 17.5 Å². The van der Waals surface area contributed by atoms with Crippen molar-refractivity contribution in [2.24, 2.45) is 0 Å². The lowest BCUT2D eigenvalue weighted by atomic mass is 10.2. The topological polar surface area (TPSA) is 98.0 Å². The Balaban J connectivity index is 2.33. The van der Waals surface area contributed by atoms with Crippen LogP contribution in [0.3, 0.4) is 0 Å². The zero-order valence-corrected chi connectivity index (χ0v) is 12.0. The molecule has 0 saturated carbocycles. The van der Waals surface area contributed by atoms with Gasteiger partial charge in [0.2, 0.25) is 5.95 Å². The Kier molecular flexibility index (Phi) is 4.13. The van der Waals surface area contributed by atoms with Crippen LogP contribution in [0, 0.1) is 24.0 Å². The number of carbonyl (C=O) groups excluding carboxylic acids is 1. The van der Waals surface area contributed by atoms with Crippen LogP contribution >= 0.6 is 11.6 Å². The van der Waals surface area contributed by atoms with Gasteiger partial charge >= 0.3 is 0 Å². The van der Waals surface area contributed by atoms with E-state index in [1.807, 2.05) is 0 Å². The number of hydrogen-bond donors (Lipinski definition) is 1. The van der Waals surface area contributed by atoms with Crippen LogP contribution in [-0.2, 0) is 0 Å². The van der Waals surface area contributed by atoms with Crippen molar-refractivity contribution in [2.45, 2.75) is 13.8 Å². The predicted octanol–water partition coefficient (Wildman–Crippen LogP) is 2.91. The molecule has 108 valence electrons. The molecule has 0 aliphatic rings. The highest BCUT2D eigenvalue weighted by Crippen LogP contribution is 2.28. The normalized spacial score (nSPS) is 10.2. The molecule has 0 unspecified atom stereocenters. The molecule has 0 fully saturated rings. The van der Waals surface area contributed by atoms with E-state index >= 15 is 0 Å². The number of benzene rings is 1. The number of aryl methyl sites for hydroxylation is 2. The second kappa shape index (κ2) is 5.84. The molecule has 1 heterocycles. The summed E-state index contributed by atoms with van der Waals surface area (Å²) < 4.78 is 0. The van der Waals surface area contributed by atoms with Crippen molar-refractivity contribution >= 4 is 29.1 Å². The van der Waals surface area contributed by atoms with Gasteiger partial charge in [0.05, 0.1) is 10.5 Å². The highest BCUT2D eigenvalue weighted by Gasteiger charge is 2.20. The van der Waals surface area contributed by atoms with E-state index in [0.717, 1.165) is 0 Å². The fourth-order valence-electron chi connectivity index (χ4n) is 1.79. The molecule has 0 spiro atoms. The molecule has 0 aliphatic heterocycles. The van der Waals surface area contributed by atoms with E-state index in [1.165, 1.54) is 18.2 Å². The van der Waals surface area contributed by atoms with E-state index in [0.29, 0.717) is 11.4 Å². The number of aromatic nitrogens is 2. The zero-order chi connectivity index (χ0) is 15.6. The number of halogens is 1. The molecule has 0 bridgehead atoms. The molecule has 1 N–H and O–H groups in total. The first-order valence-corrected chi connectivity index (χ1v) is 6.33. The van der Waals surface area contributed by atoms with E-state index in [2.05, 4.69) is 15.3 Å². The molecular formula is C13H11ClN4O3. The number of rotatable bonds is 3. The highest BCUT2D eigenvalue weighted by molar-refractivity contribution is 6.36. The monoisotopic (exact) mass is 306 g/mol. The molecule has 0 radical (unpaired) electrons. The molecule has 7 nitrogen and oxygen atoms in total. The number of hydrogen-bond acceptors (Lipinski definition) is 5.